The molecule has 0 bridgehead atoms. The van der Waals surface area contributed by atoms with Crippen LogP contribution < -0.4 is 11.1 Å². The van der Waals surface area contributed by atoms with Gasteiger partial charge in [-0.15, -0.1) is 0 Å². The fraction of sp³-hybridized carbons (Fsp3) is 0.188. The van der Waals surface area contributed by atoms with Crippen LogP contribution in [0.5, 0.6) is 0 Å². The summed E-state index contributed by atoms with van der Waals surface area (Å²) in [4.78, 5) is 27.3. The van der Waals surface area contributed by atoms with Crippen LogP contribution in [-0.2, 0) is 4.79 Å². The predicted molar refractivity (Wildman–Crippen MR) is 83.7 cm³/mol. The Morgan fingerprint density at radius 2 is 2.00 bits per heavy atom. The highest BCUT2D eigenvalue weighted by atomic mass is 35.5. The molecular weight excluding hydrogens is 302 g/mol. The topological polar surface area (TPSA) is 85.1 Å². The summed E-state index contributed by atoms with van der Waals surface area (Å²) in [6.07, 6.45) is 2.11. The van der Waals surface area contributed by atoms with Crippen LogP contribution in [0, 0.1) is 5.92 Å². The number of primary amides is 1. The van der Waals surface area contributed by atoms with Crippen molar-refractivity contribution in [2.75, 3.05) is 5.32 Å². The SMILES string of the molecule is NC(=O)c1cnc(NC(=O)[C@H]2C[C@@H]2c2ccccc2)c(Cl)c1. The van der Waals surface area contributed by atoms with Gasteiger partial charge in [-0.2, -0.15) is 0 Å². The molecular formula is C16H14ClN3O2. The molecule has 2 aromatic rings. The molecule has 0 unspecified atom stereocenters. The third kappa shape index (κ3) is 2.94. The normalized spacial score (nSPS) is 19.5. The molecule has 0 aliphatic heterocycles. The van der Waals surface area contributed by atoms with Crippen molar-refractivity contribution in [3.8, 4) is 0 Å². The molecule has 112 valence electrons. The van der Waals surface area contributed by atoms with Crippen LogP contribution in [0.25, 0.3) is 0 Å². The monoisotopic (exact) mass is 315 g/mol. The van der Waals surface area contributed by atoms with Crippen molar-refractivity contribution < 1.29 is 9.59 Å². The lowest BCUT2D eigenvalue weighted by atomic mass is 10.1. The summed E-state index contributed by atoms with van der Waals surface area (Å²) in [5, 5.41) is 2.90. The Bertz CT molecular complexity index is 733. The van der Waals surface area contributed by atoms with Gasteiger partial charge in [0.05, 0.1) is 10.6 Å². The number of anilines is 1. The number of nitrogens with two attached hydrogens (primary N) is 1. The summed E-state index contributed by atoms with van der Waals surface area (Å²) in [6, 6.07) is 11.3. The molecule has 2 amide bonds. The molecule has 22 heavy (non-hydrogen) atoms. The molecule has 3 rings (SSSR count). The standard InChI is InChI=1S/C16H14ClN3O2/c17-13-6-10(14(18)21)8-19-15(13)20-16(22)12-7-11(12)9-4-2-1-3-5-9/h1-6,8,11-12H,7H2,(H2,18,21)(H,19,20,22)/t11-,12+/m1/s1. The molecule has 1 saturated carbocycles. The summed E-state index contributed by atoms with van der Waals surface area (Å²) < 4.78 is 0. The lowest BCUT2D eigenvalue weighted by Crippen LogP contribution is -2.17. The number of aromatic nitrogens is 1. The van der Waals surface area contributed by atoms with Gasteiger partial charge in [0.15, 0.2) is 5.82 Å². The average molecular weight is 316 g/mol. The molecule has 2 atom stereocenters. The molecule has 1 aromatic carbocycles. The highest BCUT2D eigenvalue weighted by Crippen LogP contribution is 2.47. The Kier molecular flexibility index (Phi) is 3.81. The number of benzene rings is 1. The fourth-order valence-electron chi connectivity index (χ4n) is 2.43. The van der Waals surface area contributed by atoms with E-state index in [2.05, 4.69) is 10.3 Å². The molecule has 1 aliphatic carbocycles. The van der Waals surface area contributed by atoms with Crippen LogP contribution in [0.4, 0.5) is 5.82 Å². The maximum absolute atomic E-state index is 12.2. The van der Waals surface area contributed by atoms with Gasteiger partial charge in [-0.25, -0.2) is 4.98 Å². The van der Waals surface area contributed by atoms with Crippen LogP contribution in [0.2, 0.25) is 5.02 Å². The van der Waals surface area contributed by atoms with E-state index in [-0.39, 0.29) is 34.1 Å². The van der Waals surface area contributed by atoms with E-state index in [9.17, 15) is 9.59 Å². The number of nitrogens with zero attached hydrogens (tertiary/aromatic N) is 1. The van der Waals surface area contributed by atoms with E-state index in [1.807, 2.05) is 30.3 Å². The molecule has 1 aliphatic rings. The number of carbonyl (C=O) groups excluding carboxylic acids is 2. The highest BCUT2D eigenvalue weighted by molar-refractivity contribution is 6.33. The van der Waals surface area contributed by atoms with Gasteiger partial charge in [0.1, 0.15) is 0 Å². The smallest absolute Gasteiger partial charge is 0.250 e. The van der Waals surface area contributed by atoms with E-state index in [0.29, 0.717) is 0 Å². The van der Waals surface area contributed by atoms with Gasteiger partial charge in [-0.05, 0) is 24.0 Å². The molecule has 1 aromatic heterocycles. The molecule has 0 saturated heterocycles. The zero-order chi connectivity index (χ0) is 15.7. The average Bonchev–Trinajstić information content (AvgIpc) is 3.30. The van der Waals surface area contributed by atoms with Gasteiger partial charge in [-0.1, -0.05) is 41.9 Å². The molecule has 5 nitrogen and oxygen atoms in total. The van der Waals surface area contributed by atoms with Gasteiger partial charge in [0, 0.05) is 12.1 Å². The summed E-state index contributed by atoms with van der Waals surface area (Å²) in [6.45, 7) is 0. The van der Waals surface area contributed by atoms with Crippen molar-refractivity contribution in [3.05, 3.63) is 58.7 Å². The van der Waals surface area contributed by atoms with Gasteiger partial charge in [0.2, 0.25) is 11.8 Å². The fourth-order valence-corrected chi connectivity index (χ4v) is 2.64. The first-order valence-corrected chi connectivity index (χ1v) is 7.25. The molecule has 0 radical (unpaired) electrons. The number of hydrogen-bond donors (Lipinski definition) is 2. The van der Waals surface area contributed by atoms with E-state index < -0.39 is 5.91 Å². The van der Waals surface area contributed by atoms with E-state index in [4.69, 9.17) is 17.3 Å². The van der Waals surface area contributed by atoms with E-state index in [0.717, 1.165) is 12.0 Å². The minimum atomic E-state index is -0.612. The molecule has 1 fully saturated rings. The van der Waals surface area contributed by atoms with Crippen LogP contribution >= 0.6 is 11.6 Å². The maximum Gasteiger partial charge on any atom is 0.250 e. The van der Waals surface area contributed by atoms with Gasteiger partial charge in [-0.3, -0.25) is 9.59 Å². The summed E-state index contributed by atoms with van der Waals surface area (Å²) in [5.41, 5.74) is 6.51. The Hall–Kier alpha value is -2.40. The lowest BCUT2D eigenvalue weighted by Gasteiger charge is -2.07. The molecule has 0 spiro atoms. The van der Waals surface area contributed by atoms with Crippen molar-refractivity contribution in [3.63, 3.8) is 0 Å². The number of hydrogen-bond acceptors (Lipinski definition) is 3. The van der Waals surface area contributed by atoms with Crippen molar-refractivity contribution in [1.29, 1.82) is 0 Å². The van der Waals surface area contributed by atoms with Crippen LogP contribution in [-0.4, -0.2) is 16.8 Å². The summed E-state index contributed by atoms with van der Waals surface area (Å²) in [7, 11) is 0. The summed E-state index contributed by atoms with van der Waals surface area (Å²) >= 11 is 6.01. The quantitative estimate of drug-likeness (QED) is 0.909. The Balaban J connectivity index is 1.67. The van der Waals surface area contributed by atoms with Gasteiger partial charge < -0.3 is 11.1 Å². The molecule has 6 heteroatoms. The minimum absolute atomic E-state index is 0.0731. The zero-order valence-electron chi connectivity index (χ0n) is 11.6. The number of nitrogens with one attached hydrogen (secondary N) is 1. The largest absolute Gasteiger partial charge is 0.366 e. The van der Waals surface area contributed by atoms with Crippen LogP contribution in [0.15, 0.2) is 42.6 Å². The first-order valence-electron chi connectivity index (χ1n) is 6.87. The predicted octanol–water partition coefficient (Wildman–Crippen LogP) is 2.58. The first-order chi connectivity index (χ1) is 10.6. The third-order valence-corrected chi connectivity index (χ3v) is 4.01. The molecule has 3 N–H and O–H groups in total. The number of carbonyl (C=O) groups is 2. The van der Waals surface area contributed by atoms with Gasteiger partial charge >= 0.3 is 0 Å². The van der Waals surface area contributed by atoms with Crippen LogP contribution in [0.3, 0.4) is 0 Å². The van der Waals surface area contributed by atoms with Crippen molar-refractivity contribution in [1.82, 2.24) is 4.98 Å². The zero-order valence-corrected chi connectivity index (χ0v) is 12.4. The van der Waals surface area contributed by atoms with E-state index in [1.54, 1.807) is 0 Å². The van der Waals surface area contributed by atoms with Crippen molar-refractivity contribution in [2.24, 2.45) is 11.7 Å². The second-order valence-electron chi connectivity index (χ2n) is 5.27. The van der Waals surface area contributed by atoms with Crippen LogP contribution in [0.1, 0.15) is 28.3 Å². The highest BCUT2D eigenvalue weighted by Gasteiger charge is 2.44. The Morgan fingerprint density at radius 3 is 2.64 bits per heavy atom. The van der Waals surface area contributed by atoms with Crippen molar-refractivity contribution in [2.45, 2.75) is 12.3 Å². The Morgan fingerprint density at radius 1 is 1.27 bits per heavy atom. The second kappa shape index (κ2) is 5.77. The number of halogens is 1. The third-order valence-electron chi connectivity index (χ3n) is 3.72. The number of pyridine rings is 1. The minimum Gasteiger partial charge on any atom is -0.366 e. The molecule has 1 heterocycles. The van der Waals surface area contributed by atoms with Gasteiger partial charge in [0.25, 0.3) is 0 Å². The summed E-state index contributed by atoms with van der Waals surface area (Å²) in [5.74, 6) is -0.315. The number of rotatable bonds is 4. The van der Waals surface area contributed by atoms with E-state index in [1.165, 1.54) is 12.3 Å². The van der Waals surface area contributed by atoms with E-state index >= 15 is 0 Å². The Labute approximate surface area is 132 Å². The second-order valence-corrected chi connectivity index (χ2v) is 5.67. The van der Waals surface area contributed by atoms with Crippen molar-refractivity contribution >= 4 is 29.2 Å². The number of amides is 2. The lowest BCUT2D eigenvalue weighted by molar-refractivity contribution is -0.117. The first kappa shape index (κ1) is 14.5. The maximum atomic E-state index is 12.2.